The summed E-state index contributed by atoms with van der Waals surface area (Å²) in [6.07, 6.45) is 1.24. The van der Waals surface area contributed by atoms with Crippen LogP contribution in [0.1, 0.15) is 35.3 Å². The number of ether oxygens (including phenoxy) is 1. The van der Waals surface area contributed by atoms with E-state index in [0.717, 1.165) is 12.0 Å². The molecule has 0 aliphatic carbocycles. The first-order valence-electron chi connectivity index (χ1n) is 6.78. The number of carboxylic acid groups (broad SMARTS) is 1. The van der Waals surface area contributed by atoms with Gasteiger partial charge in [0.15, 0.2) is 5.69 Å². The highest BCUT2D eigenvalue weighted by Crippen LogP contribution is 2.32. The fourth-order valence-corrected chi connectivity index (χ4v) is 2.72. The Morgan fingerprint density at radius 3 is 2.71 bits per heavy atom. The Kier molecular flexibility index (Phi) is 3.39. The highest BCUT2D eigenvalue weighted by molar-refractivity contribution is 5.88. The van der Waals surface area contributed by atoms with E-state index in [0.29, 0.717) is 30.1 Å². The second-order valence-electron chi connectivity index (χ2n) is 5.01. The molecule has 0 spiro atoms. The molecular formula is C15H16N2O4. The molecular weight excluding hydrogens is 272 g/mol. The number of imidazole rings is 1. The van der Waals surface area contributed by atoms with Crippen LogP contribution in [0.3, 0.4) is 0 Å². The van der Waals surface area contributed by atoms with Crippen molar-refractivity contribution in [3.05, 3.63) is 35.7 Å². The number of aromatic carboxylic acids is 1. The lowest BCUT2D eigenvalue weighted by Crippen LogP contribution is -2.19. The van der Waals surface area contributed by atoms with Crippen molar-refractivity contribution >= 4 is 5.97 Å². The fraction of sp³-hybridized carbons (Fsp3) is 0.333. The van der Waals surface area contributed by atoms with Crippen molar-refractivity contribution in [2.45, 2.75) is 25.5 Å². The van der Waals surface area contributed by atoms with E-state index in [1.165, 1.54) is 0 Å². The monoisotopic (exact) mass is 288 g/mol. The molecule has 21 heavy (non-hydrogen) atoms. The number of methoxy groups -OCH3 is 1. The first kappa shape index (κ1) is 13.6. The predicted molar refractivity (Wildman–Crippen MR) is 75.4 cm³/mol. The maximum absolute atomic E-state index is 11.3. The molecule has 1 aromatic carbocycles. The maximum atomic E-state index is 11.3. The van der Waals surface area contributed by atoms with Crippen LogP contribution in [-0.2, 0) is 6.42 Å². The number of aliphatic hydroxyl groups excluding tert-OH is 1. The van der Waals surface area contributed by atoms with Crippen molar-refractivity contribution in [3.8, 4) is 17.1 Å². The van der Waals surface area contributed by atoms with E-state index in [4.69, 9.17) is 4.74 Å². The van der Waals surface area contributed by atoms with Gasteiger partial charge in [-0.3, -0.25) is 0 Å². The number of hydrogen-bond donors (Lipinski definition) is 2. The van der Waals surface area contributed by atoms with Crippen molar-refractivity contribution in [3.63, 3.8) is 0 Å². The van der Waals surface area contributed by atoms with Crippen LogP contribution in [0, 0.1) is 0 Å². The van der Waals surface area contributed by atoms with Gasteiger partial charge < -0.3 is 19.5 Å². The molecule has 1 aromatic heterocycles. The van der Waals surface area contributed by atoms with Gasteiger partial charge in [-0.05, 0) is 43.5 Å². The third-order valence-corrected chi connectivity index (χ3v) is 3.73. The summed E-state index contributed by atoms with van der Waals surface area (Å²) in [5, 5.41) is 19.5. The first-order valence-corrected chi connectivity index (χ1v) is 6.78. The first-order chi connectivity index (χ1) is 10.1. The van der Waals surface area contributed by atoms with E-state index in [1.807, 2.05) is 0 Å². The van der Waals surface area contributed by atoms with Crippen LogP contribution in [0.5, 0.6) is 5.75 Å². The number of fused-ring (bicyclic) bond motifs is 1. The Labute approximate surface area is 121 Å². The number of hydrogen-bond acceptors (Lipinski definition) is 4. The second kappa shape index (κ2) is 5.21. The molecule has 0 bridgehead atoms. The Balaban J connectivity index is 2.15. The van der Waals surface area contributed by atoms with Gasteiger partial charge in [-0.2, -0.15) is 0 Å². The fourth-order valence-electron chi connectivity index (χ4n) is 2.72. The summed E-state index contributed by atoms with van der Waals surface area (Å²) in [6.45, 7) is 0. The molecule has 110 valence electrons. The number of aliphatic hydroxyl groups is 1. The quantitative estimate of drug-likeness (QED) is 0.903. The van der Waals surface area contributed by atoms with Crippen LogP contribution in [0.2, 0.25) is 0 Å². The molecule has 1 atom stereocenters. The van der Waals surface area contributed by atoms with E-state index in [-0.39, 0.29) is 5.69 Å². The zero-order valence-electron chi connectivity index (χ0n) is 11.6. The summed E-state index contributed by atoms with van der Waals surface area (Å²) in [7, 11) is 1.58. The van der Waals surface area contributed by atoms with Gasteiger partial charge in [0.2, 0.25) is 0 Å². The second-order valence-corrected chi connectivity index (χ2v) is 5.01. The molecule has 0 radical (unpaired) electrons. The van der Waals surface area contributed by atoms with Crippen LogP contribution in [0.25, 0.3) is 11.4 Å². The number of aromatic nitrogens is 2. The van der Waals surface area contributed by atoms with Gasteiger partial charge in [0.05, 0.1) is 12.8 Å². The minimum atomic E-state index is -1.06. The normalized spacial score (nSPS) is 17.3. The molecule has 0 saturated carbocycles. The van der Waals surface area contributed by atoms with Crippen LogP contribution in [0.15, 0.2) is 24.3 Å². The summed E-state index contributed by atoms with van der Waals surface area (Å²) in [5.41, 5.74) is 1.37. The lowest BCUT2D eigenvalue weighted by atomic mass is 10.1. The summed E-state index contributed by atoms with van der Waals surface area (Å²) in [5.74, 6) is 0.132. The number of rotatable bonds is 3. The van der Waals surface area contributed by atoms with Crippen LogP contribution in [-0.4, -0.2) is 32.8 Å². The van der Waals surface area contributed by atoms with Crippen molar-refractivity contribution in [1.82, 2.24) is 9.55 Å². The molecule has 2 N–H and O–H groups in total. The van der Waals surface area contributed by atoms with Crippen molar-refractivity contribution in [2.24, 2.45) is 0 Å². The molecule has 0 fully saturated rings. The standard InChI is InChI=1S/C15H16N2O4/c1-21-10-7-5-9(6-8-10)14-16-13(15(19)20)11-3-2-4-12(18)17(11)14/h5-8,12,18H,2-4H2,1H3,(H,19,20). The van der Waals surface area contributed by atoms with E-state index < -0.39 is 12.2 Å². The highest BCUT2D eigenvalue weighted by Gasteiger charge is 2.28. The largest absolute Gasteiger partial charge is 0.497 e. The van der Waals surface area contributed by atoms with Crippen molar-refractivity contribution < 1.29 is 19.7 Å². The van der Waals surface area contributed by atoms with E-state index >= 15 is 0 Å². The molecule has 1 aliphatic rings. The minimum Gasteiger partial charge on any atom is -0.497 e. The Morgan fingerprint density at radius 1 is 1.38 bits per heavy atom. The molecule has 0 saturated heterocycles. The van der Waals surface area contributed by atoms with E-state index in [2.05, 4.69) is 4.98 Å². The van der Waals surface area contributed by atoms with E-state index in [9.17, 15) is 15.0 Å². The number of carbonyl (C=O) groups is 1. The van der Waals surface area contributed by atoms with Crippen LogP contribution in [0.4, 0.5) is 0 Å². The molecule has 0 amide bonds. The van der Waals surface area contributed by atoms with Gasteiger partial charge in [0.1, 0.15) is 17.8 Å². The maximum Gasteiger partial charge on any atom is 0.356 e. The number of nitrogens with zero attached hydrogens (tertiary/aromatic N) is 2. The van der Waals surface area contributed by atoms with Gasteiger partial charge in [-0.25, -0.2) is 9.78 Å². The molecule has 6 heteroatoms. The summed E-state index contributed by atoms with van der Waals surface area (Å²) in [6, 6.07) is 7.18. The van der Waals surface area contributed by atoms with Gasteiger partial charge in [-0.1, -0.05) is 0 Å². The zero-order valence-corrected chi connectivity index (χ0v) is 11.6. The third kappa shape index (κ3) is 2.27. The van der Waals surface area contributed by atoms with Gasteiger partial charge >= 0.3 is 5.97 Å². The Hall–Kier alpha value is -2.34. The SMILES string of the molecule is COc1ccc(-c2nc(C(=O)O)c3n2C(O)CCC3)cc1. The summed E-state index contributed by atoms with van der Waals surface area (Å²) >= 11 is 0. The summed E-state index contributed by atoms with van der Waals surface area (Å²) in [4.78, 5) is 15.6. The van der Waals surface area contributed by atoms with Crippen LogP contribution >= 0.6 is 0 Å². The molecule has 6 nitrogen and oxygen atoms in total. The summed E-state index contributed by atoms with van der Waals surface area (Å²) < 4.78 is 6.75. The van der Waals surface area contributed by atoms with Crippen molar-refractivity contribution in [2.75, 3.05) is 7.11 Å². The smallest absolute Gasteiger partial charge is 0.356 e. The van der Waals surface area contributed by atoms with Gasteiger partial charge in [0.25, 0.3) is 0 Å². The molecule has 1 aliphatic heterocycles. The number of carboxylic acids is 1. The van der Waals surface area contributed by atoms with Crippen molar-refractivity contribution in [1.29, 1.82) is 0 Å². The Bertz CT molecular complexity index is 676. The molecule has 2 aromatic rings. The minimum absolute atomic E-state index is 0.0274. The molecule has 1 unspecified atom stereocenters. The lowest BCUT2D eigenvalue weighted by molar-refractivity contribution is 0.0678. The topological polar surface area (TPSA) is 84.6 Å². The highest BCUT2D eigenvalue weighted by atomic mass is 16.5. The van der Waals surface area contributed by atoms with Crippen LogP contribution < -0.4 is 4.74 Å². The van der Waals surface area contributed by atoms with Gasteiger partial charge in [-0.15, -0.1) is 0 Å². The number of benzene rings is 1. The average molecular weight is 288 g/mol. The zero-order chi connectivity index (χ0) is 15.0. The average Bonchev–Trinajstić information content (AvgIpc) is 2.88. The van der Waals surface area contributed by atoms with Gasteiger partial charge in [0, 0.05) is 5.56 Å². The van der Waals surface area contributed by atoms with E-state index in [1.54, 1.807) is 35.9 Å². The molecule has 2 heterocycles. The molecule has 3 rings (SSSR count). The third-order valence-electron chi connectivity index (χ3n) is 3.73. The predicted octanol–water partition coefficient (Wildman–Crippen LogP) is 2.08. The Morgan fingerprint density at radius 2 is 2.10 bits per heavy atom. The lowest BCUT2D eigenvalue weighted by Gasteiger charge is -2.23.